The molecule has 1 amide bonds. The second-order valence-electron chi connectivity index (χ2n) is 4.06. The lowest BCUT2D eigenvalue weighted by Crippen LogP contribution is -2.38. The number of nitrogens with one attached hydrogen (secondary N) is 1. The predicted octanol–water partition coefficient (Wildman–Crippen LogP) is 3.29. The first kappa shape index (κ1) is 15.7. The minimum Gasteiger partial charge on any atom is -0.383 e. The van der Waals surface area contributed by atoms with Crippen LogP contribution in [0.25, 0.3) is 0 Å². The average Bonchev–Trinajstić information content (AvgIpc) is 2.29. The molecule has 1 aromatic rings. The monoisotopic (exact) mass is 377 g/mol. The van der Waals surface area contributed by atoms with Crippen LogP contribution in [0.3, 0.4) is 0 Å². The van der Waals surface area contributed by atoms with E-state index in [0.717, 1.165) is 21.8 Å². The molecular weight excluding hydrogens is 362 g/mol. The molecule has 1 N–H and O–H groups in total. The fraction of sp³-hybridized carbons (Fsp3) is 0.462. The van der Waals surface area contributed by atoms with Gasteiger partial charge in [0.15, 0.2) is 0 Å². The van der Waals surface area contributed by atoms with Gasteiger partial charge in [-0.2, -0.15) is 0 Å². The van der Waals surface area contributed by atoms with Crippen LogP contribution in [-0.2, 0) is 4.74 Å². The van der Waals surface area contributed by atoms with Crippen LogP contribution in [0.1, 0.15) is 22.3 Å². The van der Waals surface area contributed by atoms with Gasteiger partial charge in [-0.05, 0) is 37.1 Å². The molecule has 0 radical (unpaired) electrons. The molecule has 5 heteroatoms. The Morgan fingerprint density at radius 2 is 2.22 bits per heavy atom. The standard InChI is InChI=1S/C13H17Br2NO2/c1-9-7-10(15)3-4-12(9)13(17)16-11(5-6-14)8-18-2/h3-4,7,11H,5-6,8H2,1-2H3,(H,16,17). The number of alkyl halides is 1. The number of amides is 1. The Labute approximate surface area is 125 Å². The summed E-state index contributed by atoms with van der Waals surface area (Å²) in [4.78, 5) is 12.1. The van der Waals surface area contributed by atoms with Crippen LogP contribution < -0.4 is 5.32 Å². The SMILES string of the molecule is COCC(CCBr)NC(=O)c1ccc(Br)cc1C. The van der Waals surface area contributed by atoms with Gasteiger partial charge in [0.1, 0.15) is 0 Å². The summed E-state index contributed by atoms with van der Waals surface area (Å²) in [6, 6.07) is 5.67. The molecule has 0 saturated heterocycles. The molecule has 0 fully saturated rings. The second kappa shape index (κ2) is 7.92. The van der Waals surface area contributed by atoms with Crippen molar-refractivity contribution in [3.05, 3.63) is 33.8 Å². The molecule has 0 aliphatic heterocycles. The van der Waals surface area contributed by atoms with E-state index in [4.69, 9.17) is 4.74 Å². The number of hydrogen-bond donors (Lipinski definition) is 1. The highest BCUT2D eigenvalue weighted by molar-refractivity contribution is 9.10. The zero-order chi connectivity index (χ0) is 13.5. The third-order valence-electron chi connectivity index (χ3n) is 2.59. The van der Waals surface area contributed by atoms with Crippen molar-refractivity contribution < 1.29 is 9.53 Å². The predicted molar refractivity (Wildman–Crippen MR) is 80.4 cm³/mol. The summed E-state index contributed by atoms with van der Waals surface area (Å²) in [5.41, 5.74) is 1.66. The average molecular weight is 379 g/mol. The zero-order valence-electron chi connectivity index (χ0n) is 10.5. The maximum Gasteiger partial charge on any atom is 0.251 e. The summed E-state index contributed by atoms with van der Waals surface area (Å²) >= 11 is 6.77. The summed E-state index contributed by atoms with van der Waals surface area (Å²) in [5.74, 6) is -0.0528. The van der Waals surface area contributed by atoms with Crippen LogP contribution in [0.4, 0.5) is 0 Å². The first-order chi connectivity index (χ1) is 8.58. The number of ether oxygens (including phenoxy) is 1. The van der Waals surface area contributed by atoms with E-state index in [2.05, 4.69) is 37.2 Å². The minimum atomic E-state index is -0.0528. The van der Waals surface area contributed by atoms with Gasteiger partial charge in [0.05, 0.1) is 12.6 Å². The molecule has 0 aliphatic rings. The molecule has 100 valence electrons. The van der Waals surface area contributed by atoms with E-state index in [0.29, 0.717) is 12.2 Å². The second-order valence-corrected chi connectivity index (χ2v) is 5.77. The highest BCUT2D eigenvalue weighted by Gasteiger charge is 2.14. The van der Waals surface area contributed by atoms with Crippen molar-refractivity contribution in [2.45, 2.75) is 19.4 Å². The number of rotatable bonds is 6. The van der Waals surface area contributed by atoms with Crippen molar-refractivity contribution in [3.63, 3.8) is 0 Å². The lowest BCUT2D eigenvalue weighted by Gasteiger charge is -2.17. The van der Waals surface area contributed by atoms with Crippen molar-refractivity contribution in [2.24, 2.45) is 0 Å². The van der Waals surface area contributed by atoms with E-state index >= 15 is 0 Å². The number of carbonyl (C=O) groups excluding carboxylic acids is 1. The first-order valence-corrected chi connectivity index (χ1v) is 7.61. The highest BCUT2D eigenvalue weighted by atomic mass is 79.9. The Hall–Kier alpha value is -0.390. The van der Waals surface area contributed by atoms with Gasteiger partial charge < -0.3 is 10.1 Å². The fourth-order valence-corrected chi connectivity index (χ4v) is 2.70. The van der Waals surface area contributed by atoms with Crippen LogP contribution in [0.15, 0.2) is 22.7 Å². The Bertz CT molecular complexity index is 404. The smallest absolute Gasteiger partial charge is 0.251 e. The molecule has 0 aromatic heterocycles. The number of halogens is 2. The van der Waals surface area contributed by atoms with Crippen LogP contribution >= 0.6 is 31.9 Å². The van der Waals surface area contributed by atoms with Crippen molar-refractivity contribution in [1.82, 2.24) is 5.32 Å². The molecule has 18 heavy (non-hydrogen) atoms. The van der Waals surface area contributed by atoms with Crippen molar-refractivity contribution in [2.75, 3.05) is 19.0 Å². The normalized spacial score (nSPS) is 12.2. The summed E-state index contributed by atoms with van der Waals surface area (Å²) in [6.45, 7) is 2.45. The van der Waals surface area contributed by atoms with Crippen LogP contribution in [-0.4, -0.2) is 31.0 Å². The third-order valence-corrected chi connectivity index (χ3v) is 3.54. The Kier molecular flexibility index (Phi) is 6.89. The fourth-order valence-electron chi connectivity index (χ4n) is 1.68. The molecule has 0 heterocycles. The van der Waals surface area contributed by atoms with Crippen LogP contribution in [0, 0.1) is 6.92 Å². The van der Waals surface area contributed by atoms with Gasteiger partial charge in [-0.1, -0.05) is 31.9 Å². The van der Waals surface area contributed by atoms with Crippen molar-refractivity contribution in [3.8, 4) is 0 Å². The molecule has 3 nitrogen and oxygen atoms in total. The van der Waals surface area contributed by atoms with Gasteiger partial charge in [0.2, 0.25) is 0 Å². The van der Waals surface area contributed by atoms with Gasteiger partial charge in [-0.3, -0.25) is 4.79 Å². The van der Waals surface area contributed by atoms with E-state index in [1.807, 2.05) is 25.1 Å². The molecule has 0 aliphatic carbocycles. The summed E-state index contributed by atoms with van der Waals surface area (Å²) in [7, 11) is 1.64. The lowest BCUT2D eigenvalue weighted by atomic mass is 10.1. The van der Waals surface area contributed by atoms with Gasteiger partial charge in [-0.25, -0.2) is 0 Å². The van der Waals surface area contributed by atoms with E-state index in [1.54, 1.807) is 7.11 Å². The maximum atomic E-state index is 12.1. The molecule has 0 saturated carbocycles. The van der Waals surface area contributed by atoms with E-state index in [1.165, 1.54) is 0 Å². The quantitative estimate of drug-likeness (QED) is 0.771. The molecule has 1 unspecified atom stereocenters. The summed E-state index contributed by atoms with van der Waals surface area (Å²) < 4.78 is 6.08. The van der Waals surface area contributed by atoms with E-state index < -0.39 is 0 Å². The molecule has 1 rings (SSSR count). The number of hydrogen-bond acceptors (Lipinski definition) is 2. The number of methoxy groups -OCH3 is 1. The molecule has 0 bridgehead atoms. The lowest BCUT2D eigenvalue weighted by molar-refractivity contribution is 0.0895. The van der Waals surface area contributed by atoms with Crippen molar-refractivity contribution in [1.29, 1.82) is 0 Å². The minimum absolute atomic E-state index is 0.0323. The van der Waals surface area contributed by atoms with Gasteiger partial charge in [-0.15, -0.1) is 0 Å². The van der Waals surface area contributed by atoms with E-state index in [9.17, 15) is 4.79 Å². The molecule has 0 spiro atoms. The topological polar surface area (TPSA) is 38.3 Å². The molecule has 1 aromatic carbocycles. The maximum absolute atomic E-state index is 12.1. The molecule has 1 atom stereocenters. The van der Waals surface area contributed by atoms with Gasteiger partial charge in [0, 0.05) is 22.5 Å². The van der Waals surface area contributed by atoms with Gasteiger partial charge in [0.25, 0.3) is 5.91 Å². The molecular formula is C13H17Br2NO2. The largest absolute Gasteiger partial charge is 0.383 e. The summed E-state index contributed by atoms with van der Waals surface area (Å²) in [5, 5.41) is 3.82. The van der Waals surface area contributed by atoms with Crippen LogP contribution in [0.5, 0.6) is 0 Å². The number of benzene rings is 1. The first-order valence-electron chi connectivity index (χ1n) is 5.70. The highest BCUT2D eigenvalue weighted by Crippen LogP contribution is 2.16. The number of carbonyl (C=O) groups is 1. The Balaban J connectivity index is 2.73. The van der Waals surface area contributed by atoms with Crippen LogP contribution in [0.2, 0.25) is 0 Å². The van der Waals surface area contributed by atoms with E-state index in [-0.39, 0.29) is 11.9 Å². The Morgan fingerprint density at radius 1 is 1.50 bits per heavy atom. The van der Waals surface area contributed by atoms with Crippen molar-refractivity contribution >= 4 is 37.8 Å². The number of aryl methyl sites for hydroxylation is 1. The van der Waals surface area contributed by atoms with Gasteiger partial charge >= 0.3 is 0 Å². The zero-order valence-corrected chi connectivity index (χ0v) is 13.7. The summed E-state index contributed by atoms with van der Waals surface area (Å²) in [6.07, 6.45) is 0.842. The Morgan fingerprint density at radius 3 is 2.78 bits per heavy atom. The third kappa shape index (κ3) is 4.71.